The molecule has 0 fully saturated rings. The van der Waals surface area contributed by atoms with E-state index in [2.05, 4.69) is 9.97 Å². The summed E-state index contributed by atoms with van der Waals surface area (Å²) in [5.74, 6) is -0.522. The number of aromatic nitrogens is 3. The number of fused-ring (bicyclic) bond motifs is 2. The third-order valence-electron chi connectivity index (χ3n) is 4.65. The Balaban J connectivity index is 1.87. The number of aromatic hydroxyl groups is 1. The van der Waals surface area contributed by atoms with Crippen LogP contribution in [0.1, 0.15) is 0 Å². The van der Waals surface area contributed by atoms with Crippen molar-refractivity contribution in [2.24, 2.45) is 0 Å². The number of anilines is 1. The van der Waals surface area contributed by atoms with Gasteiger partial charge in [0.15, 0.2) is 0 Å². The molecule has 0 atom stereocenters. The number of hydrogen-bond donors (Lipinski definition) is 2. The summed E-state index contributed by atoms with van der Waals surface area (Å²) < 4.78 is 15.9. The molecule has 6 heteroatoms. The molecule has 3 heterocycles. The minimum absolute atomic E-state index is 0.0421. The maximum atomic E-state index is 14.2. The van der Waals surface area contributed by atoms with Gasteiger partial charge in [-0.05, 0) is 24.3 Å². The number of nitrogen functional groups attached to an aromatic ring is 1. The number of para-hydroxylation sites is 1. The van der Waals surface area contributed by atoms with E-state index in [4.69, 9.17) is 5.73 Å². The Labute approximate surface area is 147 Å². The first kappa shape index (κ1) is 14.7. The van der Waals surface area contributed by atoms with Crippen LogP contribution in [0, 0.1) is 5.95 Å². The van der Waals surface area contributed by atoms with Crippen LogP contribution in [-0.4, -0.2) is 19.6 Å². The van der Waals surface area contributed by atoms with Crippen molar-refractivity contribution in [1.29, 1.82) is 0 Å². The molecular weight excluding hydrogens is 331 g/mol. The minimum Gasteiger partial charge on any atom is -0.494 e. The molecule has 0 aliphatic heterocycles. The number of allylic oxidation sites excluding steroid dienone is 4. The largest absolute Gasteiger partial charge is 0.494 e. The summed E-state index contributed by atoms with van der Waals surface area (Å²) in [6.07, 6.45) is 8.78. The van der Waals surface area contributed by atoms with Gasteiger partial charge in [-0.1, -0.05) is 24.3 Å². The molecule has 26 heavy (non-hydrogen) atoms. The van der Waals surface area contributed by atoms with E-state index in [9.17, 15) is 9.50 Å². The molecule has 3 aromatic heterocycles. The lowest BCUT2D eigenvalue weighted by atomic mass is 10.0. The van der Waals surface area contributed by atoms with Gasteiger partial charge in [-0.3, -0.25) is 4.57 Å². The van der Waals surface area contributed by atoms with Crippen LogP contribution < -0.4 is 5.73 Å². The second-order valence-corrected chi connectivity index (χ2v) is 6.10. The van der Waals surface area contributed by atoms with E-state index in [-0.39, 0.29) is 5.88 Å². The van der Waals surface area contributed by atoms with E-state index in [0.717, 1.165) is 5.70 Å². The smallest absolute Gasteiger partial charge is 0.220 e. The van der Waals surface area contributed by atoms with Gasteiger partial charge in [0.1, 0.15) is 0 Å². The van der Waals surface area contributed by atoms with Crippen molar-refractivity contribution < 1.29 is 9.50 Å². The van der Waals surface area contributed by atoms with E-state index in [1.54, 1.807) is 35.0 Å². The van der Waals surface area contributed by atoms with Crippen molar-refractivity contribution in [1.82, 2.24) is 14.5 Å². The fraction of sp³-hybridized carbons (Fsp3) is 0. The Morgan fingerprint density at radius 1 is 1.12 bits per heavy atom. The Morgan fingerprint density at radius 3 is 2.65 bits per heavy atom. The average molecular weight is 344 g/mol. The summed E-state index contributed by atoms with van der Waals surface area (Å²) in [5, 5.41) is 11.7. The highest BCUT2D eigenvalue weighted by molar-refractivity contribution is 6.12. The fourth-order valence-corrected chi connectivity index (χ4v) is 3.31. The normalized spacial score (nSPS) is 13.2. The van der Waals surface area contributed by atoms with Crippen LogP contribution in [-0.2, 0) is 0 Å². The van der Waals surface area contributed by atoms with Gasteiger partial charge in [0.2, 0.25) is 11.8 Å². The molecule has 0 bridgehead atoms. The number of benzene rings is 1. The molecule has 0 spiro atoms. The number of rotatable bonds is 2. The predicted molar refractivity (Wildman–Crippen MR) is 99.9 cm³/mol. The Kier molecular flexibility index (Phi) is 2.91. The lowest BCUT2D eigenvalue weighted by molar-refractivity contribution is 0.450. The second-order valence-electron chi connectivity index (χ2n) is 6.10. The van der Waals surface area contributed by atoms with Crippen LogP contribution in [0.15, 0.2) is 61.0 Å². The van der Waals surface area contributed by atoms with Crippen molar-refractivity contribution in [3.8, 4) is 17.0 Å². The van der Waals surface area contributed by atoms with E-state index in [0.29, 0.717) is 38.6 Å². The predicted octanol–water partition coefficient (Wildman–Crippen LogP) is 4.09. The van der Waals surface area contributed by atoms with Crippen LogP contribution >= 0.6 is 0 Å². The Morgan fingerprint density at radius 2 is 1.92 bits per heavy atom. The highest BCUT2D eigenvalue weighted by atomic mass is 19.1. The molecule has 0 saturated heterocycles. The van der Waals surface area contributed by atoms with E-state index < -0.39 is 5.95 Å². The molecule has 3 N–H and O–H groups in total. The van der Waals surface area contributed by atoms with Gasteiger partial charge in [0, 0.05) is 34.6 Å². The SMILES string of the molecule is Nc1c2cccc(-c3cccnc3F)c2nc2cn(C3=CC=C3)c(O)c12. The summed E-state index contributed by atoms with van der Waals surface area (Å²) in [6, 6.07) is 8.73. The molecule has 5 nitrogen and oxygen atoms in total. The molecule has 1 aliphatic carbocycles. The van der Waals surface area contributed by atoms with Gasteiger partial charge in [0.25, 0.3) is 0 Å². The average Bonchev–Trinajstić information content (AvgIpc) is 2.91. The van der Waals surface area contributed by atoms with Crippen LogP contribution in [0.25, 0.3) is 38.6 Å². The fourth-order valence-electron chi connectivity index (χ4n) is 3.31. The molecule has 0 unspecified atom stereocenters. The van der Waals surface area contributed by atoms with Crippen LogP contribution in [0.5, 0.6) is 5.88 Å². The zero-order chi connectivity index (χ0) is 17.8. The zero-order valence-electron chi connectivity index (χ0n) is 13.5. The topological polar surface area (TPSA) is 77.0 Å². The van der Waals surface area contributed by atoms with Crippen LogP contribution in [0.4, 0.5) is 10.1 Å². The van der Waals surface area contributed by atoms with Crippen LogP contribution in [0.2, 0.25) is 0 Å². The van der Waals surface area contributed by atoms with Gasteiger partial charge >= 0.3 is 0 Å². The summed E-state index contributed by atoms with van der Waals surface area (Å²) in [4.78, 5) is 8.39. The van der Waals surface area contributed by atoms with Gasteiger partial charge in [-0.15, -0.1) is 0 Å². The molecule has 0 amide bonds. The zero-order valence-corrected chi connectivity index (χ0v) is 13.5. The third-order valence-corrected chi connectivity index (χ3v) is 4.65. The highest BCUT2D eigenvalue weighted by Gasteiger charge is 2.20. The number of halogens is 1. The molecule has 1 aliphatic rings. The van der Waals surface area contributed by atoms with Crippen molar-refractivity contribution in [2.75, 3.05) is 5.73 Å². The van der Waals surface area contributed by atoms with Crippen molar-refractivity contribution in [3.63, 3.8) is 0 Å². The highest BCUT2D eigenvalue weighted by Crippen LogP contribution is 2.40. The van der Waals surface area contributed by atoms with E-state index in [1.807, 2.05) is 24.3 Å². The van der Waals surface area contributed by atoms with Crippen LogP contribution in [0.3, 0.4) is 0 Å². The molecule has 4 aromatic rings. The van der Waals surface area contributed by atoms with E-state index >= 15 is 0 Å². The van der Waals surface area contributed by atoms with Gasteiger partial charge in [0.05, 0.1) is 22.1 Å². The van der Waals surface area contributed by atoms with Crippen molar-refractivity contribution in [3.05, 3.63) is 66.9 Å². The summed E-state index contributed by atoms with van der Waals surface area (Å²) in [6.45, 7) is 0. The molecule has 5 rings (SSSR count). The number of pyridine rings is 2. The first-order chi connectivity index (χ1) is 12.6. The monoisotopic (exact) mass is 344 g/mol. The quantitative estimate of drug-likeness (QED) is 0.537. The molecule has 0 saturated carbocycles. The van der Waals surface area contributed by atoms with E-state index in [1.165, 1.54) is 6.20 Å². The number of nitrogens with two attached hydrogens (primary N) is 1. The lowest BCUT2D eigenvalue weighted by Crippen LogP contribution is -1.95. The van der Waals surface area contributed by atoms with Gasteiger partial charge in [-0.25, -0.2) is 9.97 Å². The minimum atomic E-state index is -0.564. The standard InChI is InChI=1S/C20H13FN4O/c21-19-13(8-3-9-23-19)12-6-2-7-14-17(22)16-15(24-18(12)14)10-25(20(16)26)11-4-1-5-11/h1-10,26H,22H2. The van der Waals surface area contributed by atoms with Crippen molar-refractivity contribution in [2.45, 2.75) is 0 Å². The summed E-state index contributed by atoms with van der Waals surface area (Å²) in [7, 11) is 0. The molecule has 126 valence electrons. The Hall–Kier alpha value is -3.67. The number of hydrogen-bond acceptors (Lipinski definition) is 4. The molecule has 1 aromatic carbocycles. The maximum Gasteiger partial charge on any atom is 0.220 e. The molecular formula is C20H13FN4O. The van der Waals surface area contributed by atoms with Gasteiger partial charge in [-0.2, -0.15) is 4.39 Å². The maximum absolute atomic E-state index is 14.2. The summed E-state index contributed by atoms with van der Waals surface area (Å²) >= 11 is 0. The summed E-state index contributed by atoms with van der Waals surface area (Å²) in [5.41, 5.74) is 9.70. The van der Waals surface area contributed by atoms with Gasteiger partial charge < -0.3 is 10.8 Å². The molecule has 0 radical (unpaired) electrons. The number of nitrogens with zero attached hydrogens (tertiary/aromatic N) is 3. The first-order valence-corrected chi connectivity index (χ1v) is 8.07. The Bertz CT molecular complexity index is 1270. The third kappa shape index (κ3) is 1.89. The van der Waals surface area contributed by atoms with Crippen molar-refractivity contribution >= 4 is 33.2 Å². The second kappa shape index (κ2) is 5.16. The lowest BCUT2D eigenvalue weighted by Gasteiger charge is -2.10. The first-order valence-electron chi connectivity index (χ1n) is 8.07.